The van der Waals surface area contributed by atoms with Crippen LogP contribution in [0.4, 0.5) is 5.69 Å². The van der Waals surface area contributed by atoms with E-state index in [0.717, 1.165) is 22.4 Å². The molecular formula is C19H18N6O2. The molecule has 1 aromatic carbocycles. The maximum atomic E-state index is 12.2. The molecule has 8 nitrogen and oxygen atoms in total. The van der Waals surface area contributed by atoms with Gasteiger partial charge in [-0.2, -0.15) is 5.10 Å². The van der Waals surface area contributed by atoms with Crippen LogP contribution in [0, 0.1) is 13.8 Å². The number of pyridine rings is 1. The Morgan fingerprint density at radius 1 is 1.26 bits per heavy atom. The number of aromatic hydroxyl groups is 1. The van der Waals surface area contributed by atoms with Gasteiger partial charge in [0.15, 0.2) is 5.65 Å². The predicted octanol–water partition coefficient (Wildman–Crippen LogP) is 2.39. The third-order valence-corrected chi connectivity index (χ3v) is 4.79. The SMILES string of the molecule is Cc1ccc(O)c(C)c1-c1cn2c(-c3cn[nH]c3)cnc2c(C(N)=O)c1N. The highest BCUT2D eigenvalue weighted by atomic mass is 16.3. The fourth-order valence-electron chi connectivity index (χ4n) is 3.43. The van der Waals surface area contributed by atoms with E-state index in [1.807, 2.05) is 6.92 Å². The van der Waals surface area contributed by atoms with Crippen LogP contribution in [0.25, 0.3) is 28.0 Å². The van der Waals surface area contributed by atoms with Crippen LogP contribution in [0.15, 0.2) is 36.9 Å². The summed E-state index contributed by atoms with van der Waals surface area (Å²) in [5.74, 6) is -0.518. The van der Waals surface area contributed by atoms with E-state index >= 15 is 0 Å². The number of aromatic amines is 1. The zero-order valence-electron chi connectivity index (χ0n) is 14.8. The maximum Gasteiger partial charge on any atom is 0.254 e. The number of nitrogen functional groups attached to an aromatic ring is 1. The maximum absolute atomic E-state index is 12.2. The molecule has 3 heterocycles. The molecule has 6 N–H and O–H groups in total. The molecule has 0 aliphatic heterocycles. The second kappa shape index (κ2) is 5.87. The van der Waals surface area contributed by atoms with E-state index in [4.69, 9.17) is 11.5 Å². The first-order chi connectivity index (χ1) is 12.9. The molecular weight excluding hydrogens is 344 g/mol. The molecule has 136 valence electrons. The van der Waals surface area contributed by atoms with Crippen molar-refractivity contribution in [1.82, 2.24) is 19.6 Å². The number of amides is 1. The van der Waals surface area contributed by atoms with Crippen LogP contribution in [-0.2, 0) is 0 Å². The van der Waals surface area contributed by atoms with E-state index in [0.29, 0.717) is 16.8 Å². The van der Waals surface area contributed by atoms with E-state index < -0.39 is 5.91 Å². The van der Waals surface area contributed by atoms with Gasteiger partial charge in [0.2, 0.25) is 0 Å². The van der Waals surface area contributed by atoms with E-state index in [1.165, 1.54) is 0 Å². The summed E-state index contributed by atoms with van der Waals surface area (Å²) in [5.41, 5.74) is 17.2. The summed E-state index contributed by atoms with van der Waals surface area (Å²) in [6.45, 7) is 3.72. The average Bonchev–Trinajstić information content (AvgIpc) is 3.27. The molecule has 0 spiro atoms. The predicted molar refractivity (Wildman–Crippen MR) is 102 cm³/mol. The lowest BCUT2D eigenvalue weighted by Gasteiger charge is -2.17. The molecule has 0 radical (unpaired) electrons. The number of nitrogens with two attached hydrogens (primary N) is 2. The number of carbonyl (C=O) groups is 1. The molecule has 1 amide bonds. The van der Waals surface area contributed by atoms with Crippen molar-refractivity contribution >= 4 is 17.2 Å². The highest BCUT2D eigenvalue weighted by Gasteiger charge is 2.22. The molecule has 27 heavy (non-hydrogen) atoms. The summed E-state index contributed by atoms with van der Waals surface area (Å²) in [5, 5.41) is 16.9. The Morgan fingerprint density at radius 2 is 2.04 bits per heavy atom. The van der Waals surface area contributed by atoms with Crippen LogP contribution in [0.3, 0.4) is 0 Å². The number of aromatic nitrogens is 4. The number of hydrogen-bond acceptors (Lipinski definition) is 5. The molecule has 8 heteroatoms. The number of anilines is 1. The molecule has 0 saturated carbocycles. The van der Waals surface area contributed by atoms with Gasteiger partial charge < -0.3 is 16.6 Å². The quantitative estimate of drug-likeness (QED) is 0.444. The van der Waals surface area contributed by atoms with Crippen molar-refractivity contribution in [2.45, 2.75) is 13.8 Å². The molecule has 0 atom stereocenters. The summed E-state index contributed by atoms with van der Waals surface area (Å²) < 4.78 is 1.76. The van der Waals surface area contributed by atoms with E-state index in [9.17, 15) is 9.90 Å². The standard InChI is InChI=1S/C19H18N6O2/c1-9-3-4-14(26)10(2)15(9)12-8-25-13(11-5-23-24-6-11)7-22-19(25)16(17(12)20)18(21)27/h3-8,26H,20H2,1-2H3,(H2,21,27)(H,23,24). The minimum Gasteiger partial charge on any atom is -0.508 e. The second-order valence-electron chi connectivity index (χ2n) is 6.42. The number of nitrogens with one attached hydrogen (secondary N) is 1. The largest absolute Gasteiger partial charge is 0.508 e. The fourth-order valence-corrected chi connectivity index (χ4v) is 3.43. The Labute approximate surface area is 154 Å². The molecule has 4 rings (SSSR count). The van der Waals surface area contributed by atoms with Crippen LogP contribution in [0.2, 0.25) is 0 Å². The van der Waals surface area contributed by atoms with Gasteiger partial charge in [0.05, 0.1) is 23.8 Å². The van der Waals surface area contributed by atoms with E-state index in [2.05, 4.69) is 15.2 Å². The molecule has 0 aliphatic rings. The third kappa shape index (κ3) is 2.42. The Hall–Kier alpha value is -3.81. The number of hydrogen-bond donors (Lipinski definition) is 4. The third-order valence-electron chi connectivity index (χ3n) is 4.79. The zero-order chi connectivity index (χ0) is 19.3. The van der Waals surface area contributed by atoms with Crippen molar-refractivity contribution in [2.75, 3.05) is 5.73 Å². The highest BCUT2D eigenvalue weighted by Crippen LogP contribution is 2.38. The van der Waals surface area contributed by atoms with Crippen LogP contribution in [0.1, 0.15) is 21.5 Å². The molecule has 0 saturated heterocycles. The Kier molecular flexibility index (Phi) is 3.62. The number of primary amides is 1. The summed E-state index contributed by atoms with van der Waals surface area (Å²) in [6, 6.07) is 3.43. The van der Waals surface area contributed by atoms with Gasteiger partial charge in [0, 0.05) is 23.5 Å². The first kappa shape index (κ1) is 16.6. The van der Waals surface area contributed by atoms with Crippen molar-refractivity contribution in [1.29, 1.82) is 0 Å². The monoisotopic (exact) mass is 362 g/mol. The topological polar surface area (TPSA) is 135 Å². The number of fused-ring (bicyclic) bond motifs is 1. The van der Waals surface area contributed by atoms with Crippen molar-refractivity contribution in [3.05, 3.63) is 53.6 Å². The zero-order valence-corrected chi connectivity index (χ0v) is 14.8. The van der Waals surface area contributed by atoms with Gasteiger partial charge in [0.25, 0.3) is 5.91 Å². The van der Waals surface area contributed by atoms with Gasteiger partial charge in [-0.3, -0.25) is 14.3 Å². The Balaban J connectivity index is 2.14. The minimum atomic E-state index is -0.667. The highest BCUT2D eigenvalue weighted by molar-refractivity contribution is 6.07. The van der Waals surface area contributed by atoms with Crippen LogP contribution >= 0.6 is 0 Å². The number of nitrogens with zero attached hydrogens (tertiary/aromatic N) is 3. The minimum absolute atomic E-state index is 0.143. The number of aryl methyl sites for hydroxylation is 1. The smallest absolute Gasteiger partial charge is 0.254 e. The van der Waals surface area contributed by atoms with Gasteiger partial charge in [-0.05, 0) is 36.6 Å². The number of phenolic OH excluding ortho intramolecular Hbond substituents is 1. The van der Waals surface area contributed by atoms with Crippen molar-refractivity contribution in [2.24, 2.45) is 5.73 Å². The molecule has 0 bridgehead atoms. The van der Waals surface area contributed by atoms with Crippen LogP contribution < -0.4 is 11.5 Å². The average molecular weight is 362 g/mol. The fraction of sp³-hybridized carbons (Fsp3) is 0.105. The molecule has 0 fully saturated rings. The first-order valence-electron chi connectivity index (χ1n) is 8.28. The Bertz CT molecular complexity index is 1190. The van der Waals surface area contributed by atoms with Gasteiger partial charge >= 0.3 is 0 Å². The number of benzene rings is 1. The van der Waals surface area contributed by atoms with E-state index in [1.54, 1.807) is 48.2 Å². The van der Waals surface area contributed by atoms with E-state index in [-0.39, 0.29) is 17.0 Å². The lowest BCUT2D eigenvalue weighted by molar-refractivity contribution is 0.100. The summed E-state index contributed by atoms with van der Waals surface area (Å²) in [4.78, 5) is 16.5. The van der Waals surface area contributed by atoms with Crippen molar-refractivity contribution < 1.29 is 9.90 Å². The van der Waals surface area contributed by atoms with Gasteiger partial charge in [0.1, 0.15) is 11.3 Å². The van der Waals surface area contributed by atoms with Crippen LogP contribution in [0.5, 0.6) is 5.75 Å². The lowest BCUT2D eigenvalue weighted by atomic mass is 9.93. The normalized spacial score (nSPS) is 11.2. The number of H-pyrrole nitrogens is 1. The lowest BCUT2D eigenvalue weighted by Crippen LogP contribution is -2.16. The second-order valence-corrected chi connectivity index (χ2v) is 6.42. The molecule has 0 unspecified atom stereocenters. The molecule has 0 aliphatic carbocycles. The van der Waals surface area contributed by atoms with Gasteiger partial charge in [-0.15, -0.1) is 0 Å². The summed E-state index contributed by atoms with van der Waals surface area (Å²) in [6.07, 6.45) is 6.84. The molecule has 3 aromatic heterocycles. The Morgan fingerprint density at radius 3 is 2.70 bits per heavy atom. The van der Waals surface area contributed by atoms with Crippen molar-refractivity contribution in [3.8, 4) is 28.1 Å². The molecule has 4 aromatic rings. The summed E-state index contributed by atoms with van der Waals surface area (Å²) >= 11 is 0. The van der Waals surface area contributed by atoms with Crippen LogP contribution in [-0.4, -0.2) is 30.6 Å². The number of carbonyl (C=O) groups excluding carboxylic acids is 1. The first-order valence-corrected chi connectivity index (χ1v) is 8.28. The number of rotatable bonds is 3. The number of phenols is 1. The summed E-state index contributed by atoms with van der Waals surface area (Å²) in [7, 11) is 0. The van der Waals surface area contributed by atoms with Crippen molar-refractivity contribution in [3.63, 3.8) is 0 Å². The van der Waals surface area contributed by atoms with Gasteiger partial charge in [-0.25, -0.2) is 4.98 Å². The number of imidazole rings is 1. The van der Waals surface area contributed by atoms with Gasteiger partial charge in [-0.1, -0.05) is 6.07 Å².